The molecule has 51 heavy (non-hydrogen) atoms. The first kappa shape index (κ1) is 36.5. The molecule has 0 bridgehead atoms. The van der Waals surface area contributed by atoms with Crippen molar-refractivity contribution in [1.29, 1.82) is 0 Å². The lowest BCUT2D eigenvalue weighted by Gasteiger charge is -2.14. The SMILES string of the molecule is CCCCOc1ccc(NC(=O)C(C)Sc2ccc(NC(=O)/C(=C/c3ccc(OCc4ccccc4)cc3)NC(=O)c3ccccc3)cc2)cc1. The molecule has 260 valence electrons. The molecule has 0 aromatic heterocycles. The Hall–Kier alpha value is -5.80. The highest BCUT2D eigenvalue weighted by atomic mass is 32.2. The molecule has 0 fully saturated rings. The Morgan fingerprint density at radius 3 is 1.96 bits per heavy atom. The maximum Gasteiger partial charge on any atom is 0.272 e. The molecule has 9 heteroatoms. The van der Waals surface area contributed by atoms with Crippen molar-refractivity contribution in [2.75, 3.05) is 17.2 Å². The highest BCUT2D eigenvalue weighted by molar-refractivity contribution is 8.00. The van der Waals surface area contributed by atoms with E-state index in [1.54, 1.807) is 42.5 Å². The van der Waals surface area contributed by atoms with Gasteiger partial charge in [-0.3, -0.25) is 14.4 Å². The molecule has 0 aliphatic heterocycles. The Balaban J connectivity index is 1.20. The van der Waals surface area contributed by atoms with Gasteiger partial charge in [0, 0.05) is 21.8 Å². The van der Waals surface area contributed by atoms with E-state index in [1.807, 2.05) is 104 Å². The van der Waals surface area contributed by atoms with Gasteiger partial charge in [0.05, 0.1) is 11.9 Å². The van der Waals surface area contributed by atoms with E-state index in [1.165, 1.54) is 11.8 Å². The van der Waals surface area contributed by atoms with E-state index in [2.05, 4.69) is 22.9 Å². The topological polar surface area (TPSA) is 106 Å². The summed E-state index contributed by atoms with van der Waals surface area (Å²) in [6.45, 7) is 5.06. The highest BCUT2D eigenvalue weighted by Gasteiger charge is 2.17. The molecule has 5 aromatic rings. The molecule has 0 saturated carbocycles. The summed E-state index contributed by atoms with van der Waals surface area (Å²) >= 11 is 1.40. The van der Waals surface area contributed by atoms with Gasteiger partial charge >= 0.3 is 0 Å². The van der Waals surface area contributed by atoms with Gasteiger partial charge in [-0.15, -0.1) is 11.8 Å². The molecule has 0 saturated heterocycles. The average molecular weight is 700 g/mol. The maximum absolute atomic E-state index is 13.5. The monoisotopic (exact) mass is 699 g/mol. The van der Waals surface area contributed by atoms with E-state index in [-0.39, 0.29) is 16.9 Å². The summed E-state index contributed by atoms with van der Waals surface area (Å²) in [6.07, 6.45) is 3.68. The molecule has 1 unspecified atom stereocenters. The Bertz CT molecular complexity index is 1900. The second-order valence-electron chi connectivity index (χ2n) is 11.7. The summed E-state index contributed by atoms with van der Waals surface area (Å²) in [5.41, 5.74) is 3.49. The minimum absolute atomic E-state index is 0.0751. The van der Waals surface area contributed by atoms with Gasteiger partial charge in [0.2, 0.25) is 5.91 Å². The molecule has 0 spiro atoms. The fourth-order valence-electron chi connectivity index (χ4n) is 4.80. The van der Waals surface area contributed by atoms with Gasteiger partial charge in [-0.2, -0.15) is 0 Å². The molecule has 0 aliphatic carbocycles. The fraction of sp³-hybridized carbons (Fsp3) is 0.167. The van der Waals surface area contributed by atoms with Crippen LogP contribution in [0.2, 0.25) is 0 Å². The van der Waals surface area contributed by atoms with Crippen LogP contribution in [0.1, 0.15) is 48.2 Å². The van der Waals surface area contributed by atoms with Crippen molar-refractivity contribution in [3.63, 3.8) is 0 Å². The fourth-order valence-corrected chi connectivity index (χ4v) is 5.66. The van der Waals surface area contributed by atoms with Gasteiger partial charge in [-0.25, -0.2) is 0 Å². The molecule has 0 radical (unpaired) electrons. The zero-order chi connectivity index (χ0) is 35.8. The lowest BCUT2D eigenvalue weighted by molar-refractivity contribution is -0.115. The van der Waals surface area contributed by atoms with Crippen LogP contribution in [-0.4, -0.2) is 29.6 Å². The van der Waals surface area contributed by atoms with Crippen LogP contribution in [0.3, 0.4) is 0 Å². The first-order valence-corrected chi connectivity index (χ1v) is 17.7. The summed E-state index contributed by atoms with van der Waals surface area (Å²) in [6, 6.07) is 40.4. The first-order valence-electron chi connectivity index (χ1n) is 16.8. The molecule has 0 heterocycles. The molecule has 1 atom stereocenters. The molecular weight excluding hydrogens is 659 g/mol. The number of anilines is 2. The Morgan fingerprint density at radius 2 is 1.29 bits per heavy atom. The quantitative estimate of drug-likeness (QED) is 0.0540. The van der Waals surface area contributed by atoms with Crippen LogP contribution in [0.25, 0.3) is 6.08 Å². The Morgan fingerprint density at radius 1 is 0.706 bits per heavy atom. The van der Waals surface area contributed by atoms with Crippen molar-refractivity contribution in [2.24, 2.45) is 0 Å². The number of thioether (sulfide) groups is 1. The van der Waals surface area contributed by atoms with E-state index < -0.39 is 11.8 Å². The van der Waals surface area contributed by atoms with Gasteiger partial charge < -0.3 is 25.4 Å². The van der Waals surface area contributed by atoms with Crippen LogP contribution in [0, 0.1) is 0 Å². The molecular formula is C42H41N3O5S. The highest BCUT2D eigenvalue weighted by Crippen LogP contribution is 2.26. The third kappa shape index (κ3) is 11.6. The number of amides is 3. The van der Waals surface area contributed by atoms with Gasteiger partial charge in [-0.05, 0) is 103 Å². The first-order chi connectivity index (χ1) is 24.9. The average Bonchev–Trinajstić information content (AvgIpc) is 3.16. The smallest absolute Gasteiger partial charge is 0.272 e. The van der Waals surface area contributed by atoms with Crippen molar-refractivity contribution in [1.82, 2.24) is 5.32 Å². The largest absolute Gasteiger partial charge is 0.494 e. The van der Waals surface area contributed by atoms with E-state index in [9.17, 15) is 14.4 Å². The predicted octanol–water partition coefficient (Wildman–Crippen LogP) is 8.97. The Kier molecular flexibility index (Phi) is 13.5. The second-order valence-corrected chi connectivity index (χ2v) is 13.1. The molecule has 5 aromatic carbocycles. The molecule has 0 aliphatic rings. The second kappa shape index (κ2) is 18.8. The third-order valence-corrected chi connectivity index (χ3v) is 8.76. The number of carbonyl (C=O) groups is 3. The number of ether oxygens (including phenoxy) is 2. The summed E-state index contributed by atoms with van der Waals surface area (Å²) < 4.78 is 11.6. The minimum Gasteiger partial charge on any atom is -0.494 e. The molecule has 3 amide bonds. The van der Waals surface area contributed by atoms with Crippen molar-refractivity contribution < 1.29 is 23.9 Å². The van der Waals surface area contributed by atoms with Crippen LogP contribution < -0.4 is 25.4 Å². The van der Waals surface area contributed by atoms with Crippen molar-refractivity contribution in [3.8, 4) is 11.5 Å². The number of rotatable bonds is 16. The normalized spacial score (nSPS) is 11.6. The number of hydrogen-bond acceptors (Lipinski definition) is 6. The van der Waals surface area contributed by atoms with Crippen LogP contribution in [-0.2, 0) is 16.2 Å². The molecule has 3 N–H and O–H groups in total. The lowest BCUT2D eigenvalue weighted by Crippen LogP contribution is -2.30. The number of benzene rings is 5. The number of hydrogen-bond donors (Lipinski definition) is 3. The van der Waals surface area contributed by atoms with Gasteiger partial charge in [-0.1, -0.05) is 74.0 Å². The summed E-state index contributed by atoms with van der Waals surface area (Å²) in [5.74, 6) is 0.434. The zero-order valence-electron chi connectivity index (χ0n) is 28.6. The van der Waals surface area contributed by atoms with Crippen molar-refractivity contribution in [3.05, 3.63) is 156 Å². The van der Waals surface area contributed by atoms with Gasteiger partial charge in [0.1, 0.15) is 23.8 Å². The minimum atomic E-state index is -0.487. The van der Waals surface area contributed by atoms with Crippen molar-refractivity contribution >= 4 is 46.9 Å². The molecule has 5 rings (SSSR count). The van der Waals surface area contributed by atoms with Crippen LogP contribution in [0.5, 0.6) is 11.5 Å². The number of unbranched alkanes of at least 4 members (excludes halogenated alkanes) is 1. The van der Waals surface area contributed by atoms with Crippen LogP contribution >= 0.6 is 11.8 Å². The van der Waals surface area contributed by atoms with Crippen molar-refractivity contribution in [2.45, 2.75) is 43.4 Å². The van der Waals surface area contributed by atoms with Crippen LogP contribution in [0.4, 0.5) is 11.4 Å². The predicted molar refractivity (Wildman–Crippen MR) is 205 cm³/mol. The number of nitrogens with one attached hydrogen (secondary N) is 3. The zero-order valence-corrected chi connectivity index (χ0v) is 29.5. The summed E-state index contributed by atoms with van der Waals surface area (Å²) in [5, 5.41) is 8.23. The van der Waals surface area contributed by atoms with E-state index in [0.29, 0.717) is 41.5 Å². The van der Waals surface area contributed by atoms with E-state index in [0.717, 1.165) is 29.1 Å². The molecule has 8 nitrogen and oxygen atoms in total. The van der Waals surface area contributed by atoms with Gasteiger partial charge in [0.15, 0.2) is 0 Å². The summed E-state index contributed by atoms with van der Waals surface area (Å²) in [4.78, 5) is 40.3. The van der Waals surface area contributed by atoms with Gasteiger partial charge in [0.25, 0.3) is 11.8 Å². The Labute approximate surface area is 303 Å². The lowest BCUT2D eigenvalue weighted by atomic mass is 10.1. The third-order valence-electron chi connectivity index (χ3n) is 7.65. The summed E-state index contributed by atoms with van der Waals surface area (Å²) in [7, 11) is 0. The number of carbonyl (C=O) groups excluding carboxylic acids is 3. The standard InChI is InChI=1S/C42H41N3O5S/c1-3-4-27-49-36-23-17-34(18-24-36)43-40(46)30(2)51-38-25-19-35(20-26-38)44-42(48)39(45-41(47)33-13-9-6-10-14-33)28-31-15-21-37(22-16-31)50-29-32-11-7-5-8-12-32/h5-26,28,30H,3-4,27,29H2,1-2H3,(H,43,46)(H,44,48)(H,45,47)/b39-28-. The van der Waals surface area contributed by atoms with E-state index >= 15 is 0 Å². The van der Waals surface area contributed by atoms with Crippen LogP contribution in [0.15, 0.2) is 144 Å². The van der Waals surface area contributed by atoms with E-state index in [4.69, 9.17) is 9.47 Å². The maximum atomic E-state index is 13.5.